The number of benzene rings is 1. The molecule has 0 saturated heterocycles. The standard InChI is InChI=1S/C25H33N3O4/c1-7-30-12-13-31-24(29)21(15-26)23(17(2)3)27-16-20-14-22(28-32-20)18-8-10-19(11-9-18)25(4,5)6/h8-11,14,17,27H,7,12-13,16H2,1-6H3/b23-21-. The van der Waals surface area contributed by atoms with Crippen LogP contribution in [0.1, 0.15) is 52.9 Å². The molecule has 0 atom stereocenters. The third kappa shape index (κ3) is 6.96. The van der Waals surface area contributed by atoms with Crippen molar-refractivity contribution in [2.24, 2.45) is 5.92 Å². The van der Waals surface area contributed by atoms with Gasteiger partial charge in [-0.3, -0.25) is 0 Å². The second kappa shape index (κ2) is 11.5. The first-order valence-corrected chi connectivity index (χ1v) is 10.9. The molecule has 0 aliphatic carbocycles. The van der Waals surface area contributed by atoms with Crippen molar-refractivity contribution < 1.29 is 18.8 Å². The molecule has 0 spiro atoms. The van der Waals surface area contributed by atoms with Gasteiger partial charge < -0.3 is 19.3 Å². The molecule has 1 heterocycles. The van der Waals surface area contributed by atoms with E-state index < -0.39 is 5.97 Å². The topological polar surface area (TPSA) is 97.4 Å². The van der Waals surface area contributed by atoms with E-state index in [2.05, 4.69) is 43.4 Å². The zero-order valence-corrected chi connectivity index (χ0v) is 19.8. The van der Waals surface area contributed by atoms with Gasteiger partial charge in [-0.15, -0.1) is 0 Å². The molecular weight excluding hydrogens is 406 g/mol. The Hall–Kier alpha value is -3.11. The number of aromatic nitrogens is 1. The highest BCUT2D eigenvalue weighted by Gasteiger charge is 2.20. The van der Waals surface area contributed by atoms with Gasteiger partial charge in [0.2, 0.25) is 0 Å². The molecule has 172 valence electrons. The summed E-state index contributed by atoms with van der Waals surface area (Å²) in [7, 11) is 0. The third-order valence-electron chi connectivity index (χ3n) is 4.89. The first kappa shape index (κ1) is 25.2. The molecule has 1 N–H and O–H groups in total. The summed E-state index contributed by atoms with van der Waals surface area (Å²) in [5.74, 6) is -0.155. The molecule has 0 amide bonds. The normalized spacial score (nSPS) is 12.3. The average Bonchev–Trinajstić information content (AvgIpc) is 3.22. The number of esters is 1. The van der Waals surface area contributed by atoms with Crippen LogP contribution in [0.25, 0.3) is 11.3 Å². The van der Waals surface area contributed by atoms with Crippen LogP contribution in [0.3, 0.4) is 0 Å². The Kier molecular flexibility index (Phi) is 9.03. The monoisotopic (exact) mass is 439 g/mol. The van der Waals surface area contributed by atoms with Gasteiger partial charge in [0.25, 0.3) is 0 Å². The summed E-state index contributed by atoms with van der Waals surface area (Å²) in [6.45, 7) is 13.4. The molecular formula is C25H33N3O4. The van der Waals surface area contributed by atoms with Crippen LogP contribution in [-0.2, 0) is 26.2 Å². The molecule has 32 heavy (non-hydrogen) atoms. The predicted octanol–water partition coefficient (Wildman–Crippen LogP) is 4.74. The van der Waals surface area contributed by atoms with E-state index in [1.807, 2.05) is 45.0 Å². The zero-order chi connectivity index (χ0) is 23.7. The summed E-state index contributed by atoms with van der Waals surface area (Å²) in [5.41, 5.74) is 3.47. The molecule has 0 unspecified atom stereocenters. The molecule has 7 nitrogen and oxygen atoms in total. The van der Waals surface area contributed by atoms with E-state index in [1.165, 1.54) is 5.56 Å². The first-order chi connectivity index (χ1) is 15.2. The maximum Gasteiger partial charge on any atom is 0.350 e. The number of nitrogens with zero attached hydrogens (tertiary/aromatic N) is 2. The molecule has 1 aromatic carbocycles. The minimum Gasteiger partial charge on any atom is -0.459 e. The van der Waals surface area contributed by atoms with E-state index in [-0.39, 0.29) is 30.1 Å². The minimum absolute atomic E-state index is 0.0472. The molecule has 2 aromatic rings. The summed E-state index contributed by atoms with van der Waals surface area (Å²) >= 11 is 0. The molecule has 0 fully saturated rings. The highest BCUT2D eigenvalue weighted by atomic mass is 16.6. The molecule has 0 bridgehead atoms. The number of nitrogens with one attached hydrogen (secondary N) is 1. The van der Waals surface area contributed by atoms with Crippen LogP contribution in [-0.4, -0.2) is 30.9 Å². The second-order valence-electron chi connectivity index (χ2n) is 8.75. The van der Waals surface area contributed by atoms with Crippen LogP contribution in [0.5, 0.6) is 0 Å². The summed E-state index contributed by atoms with van der Waals surface area (Å²) in [6.07, 6.45) is 0. The Balaban J connectivity index is 2.10. The largest absolute Gasteiger partial charge is 0.459 e. The van der Waals surface area contributed by atoms with Crippen LogP contribution < -0.4 is 5.32 Å². The van der Waals surface area contributed by atoms with Crippen molar-refractivity contribution >= 4 is 5.97 Å². The fourth-order valence-corrected chi connectivity index (χ4v) is 3.06. The lowest BCUT2D eigenvalue weighted by atomic mass is 9.86. The number of allylic oxidation sites excluding steroid dienone is 1. The van der Waals surface area contributed by atoms with Crippen molar-refractivity contribution in [2.75, 3.05) is 19.8 Å². The van der Waals surface area contributed by atoms with Crippen molar-refractivity contribution in [2.45, 2.75) is 53.5 Å². The molecule has 1 aromatic heterocycles. The lowest BCUT2D eigenvalue weighted by Crippen LogP contribution is -2.23. The van der Waals surface area contributed by atoms with Gasteiger partial charge in [0.05, 0.1) is 13.2 Å². The van der Waals surface area contributed by atoms with Gasteiger partial charge in [0.1, 0.15) is 18.4 Å². The zero-order valence-electron chi connectivity index (χ0n) is 19.8. The number of hydrogen-bond donors (Lipinski definition) is 1. The molecule has 0 radical (unpaired) electrons. The fourth-order valence-electron chi connectivity index (χ4n) is 3.06. The number of hydrogen-bond acceptors (Lipinski definition) is 7. The second-order valence-corrected chi connectivity index (χ2v) is 8.75. The van der Waals surface area contributed by atoms with Gasteiger partial charge in [0, 0.05) is 23.9 Å². The molecule has 7 heteroatoms. The number of nitriles is 1. The maximum absolute atomic E-state index is 12.3. The first-order valence-electron chi connectivity index (χ1n) is 10.9. The number of ether oxygens (including phenoxy) is 2. The van der Waals surface area contributed by atoms with Crippen LogP contribution in [0, 0.1) is 17.2 Å². The summed E-state index contributed by atoms with van der Waals surface area (Å²) in [5, 5.41) is 16.8. The third-order valence-corrected chi connectivity index (χ3v) is 4.89. The van der Waals surface area contributed by atoms with Crippen molar-refractivity contribution in [3.8, 4) is 17.3 Å². The number of carbonyl (C=O) groups is 1. The van der Waals surface area contributed by atoms with Crippen molar-refractivity contribution in [1.82, 2.24) is 10.5 Å². The van der Waals surface area contributed by atoms with Crippen molar-refractivity contribution in [3.63, 3.8) is 0 Å². The van der Waals surface area contributed by atoms with E-state index in [0.29, 0.717) is 24.7 Å². The predicted molar refractivity (Wildman–Crippen MR) is 122 cm³/mol. The van der Waals surface area contributed by atoms with Crippen LogP contribution in [0.15, 0.2) is 46.1 Å². The van der Waals surface area contributed by atoms with Gasteiger partial charge in [0.15, 0.2) is 11.3 Å². The minimum atomic E-state index is -0.666. The van der Waals surface area contributed by atoms with Crippen LogP contribution in [0.2, 0.25) is 0 Å². The Morgan fingerprint density at radius 2 is 1.91 bits per heavy atom. The van der Waals surface area contributed by atoms with Gasteiger partial charge >= 0.3 is 5.97 Å². The van der Waals surface area contributed by atoms with E-state index in [4.69, 9.17) is 14.0 Å². The Morgan fingerprint density at radius 3 is 2.47 bits per heavy atom. The Labute approximate surface area is 190 Å². The van der Waals surface area contributed by atoms with E-state index >= 15 is 0 Å². The Bertz CT molecular complexity index is 960. The quantitative estimate of drug-likeness (QED) is 0.247. The molecule has 0 saturated carbocycles. The smallest absolute Gasteiger partial charge is 0.350 e. The molecule has 0 aliphatic heterocycles. The fraction of sp³-hybridized carbons (Fsp3) is 0.480. The highest BCUT2D eigenvalue weighted by molar-refractivity contribution is 5.93. The van der Waals surface area contributed by atoms with Gasteiger partial charge in [-0.1, -0.05) is 64.0 Å². The molecule has 0 aliphatic rings. The van der Waals surface area contributed by atoms with E-state index in [9.17, 15) is 10.1 Å². The summed E-state index contributed by atoms with van der Waals surface area (Å²) < 4.78 is 15.8. The Morgan fingerprint density at radius 1 is 1.22 bits per heavy atom. The molecule has 2 rings (SSSR count). The lowest BCUT2D eigenvalue weighted by molar-refractivity contribution is -0.140. The lowest BCUT2D eigenvalue weighted by Gasteiger charge is -2.18. The maximum atomic E-state index is 12.3. The number of carbonyl (C=O) groups excluding carboxylic acids is 1. The van der Waals surface area contributed by atoms with Gasteiger partial charge in [-0.05, 0) is 23.8 Å². The highest BCUT2D eigenvalue weighted by Crippen LogP contribution is 2.26. The summed E-state index contributed by atoms with van der Waals surface area (Å²) in [6, 6.07) is 12.1. The van der Waals surface area contributed by atoms with Crippen molar-refractivity contribution in [3.05, 3.63) is 52.9 Å². The van der Waals surface area contributed by atoms with Crippen molar-refractivity contribution in [1.29, 1.82) is 5.26 Å². The van der Waals surface area contributed by atoms with E-state index in [1.54, 1.807) is 0 Å². The summed E-state index contributed by atoms with van der Waals surface area (Å²) in [4.78, 5) is 12.3. The van der Waals surface area contributed by atoms with Gasteiger partial charge in [-0.25, -0.2) is 4.79 Å². The van der Waals surface area contributed by atoms with Crippen LogP contribution in [0.4, 0.5) is 0 Å². The SMILES string of the molecule is CCOCCOC(=O)/C(C#N)=C(\NCc1cc(-c2ccc(C(C)(C)C)cc2)no1)C(C)C. The number of rotatable bonds is 10. The van der Waals surface area contributed by atoms with E-state index in [0.717, 1.165) is 11.3 Å². The van der Waals surface area contributed by atoms with Gasteiger partial charge in [-0.2, -0.15) is 5.26 Å². The van der Waals surface area contributed by atoms with Crippen LogP contribution >= 0.6 is 0 Å². The average molecular weight is 440 g/mol.